The standard InChI is InChI=1S/C22H25ClO5/c1-11(2)16-17-15-9-8-12(3)22(15,4)19(24)18(16)26-21(17)28-27-20(25)13-6-5-7-14(23)10-13/h5-7,10-11,15-18,21H,3,8-9H2,1-2,4H3/t15-,16-,17+,18+,21-,22-/m0/s1. The van der Waals surface area contributed by atoms with E-state index in [0.29, 0.717) is 10.6 Å². The van der Waals surface area contributed by atoms with E-state index in [1.54, 1.807) is 18.2 Å². The van der Waals surface area contributed by atoms with Gasteiger partial charge in [0.25, 0.3) is 0 Å². The van der Waals surface area contributed by atoms with Crippen molar-refractivity contribution in [2.75, 3.05) is 0 Å². The monoisotopic (exact) mass is 404 g/mol. The number of carbonyl (C=O) groups excluding carboxylic acids is 2. The molecule has 0 N–H and O–H groups in total. The number of ether oxygens (including phenoxy) is 1. The molecule has 0 spiro atoms. The molecular weight excluding hydrogens is 380 g/mol. The first-order chi connectivity index (χ1) is 13.2. The van der Waals surface area contributed by atoms with Crippen molar-refractivity contribution in [2.24, 2.45) is 29.1 Å². The number of fused-ring (bicyclic) bond motifs is 4. The van der Waals surface area contributed by atoms with E-state index in [-0.39, 0.29) is 29.5 Å². The van der Waals surface area contributed by atoms with Gasteiger partial charge in [0, 0.05) is 16.9 Å². The first kappa shape index (κ1) is 19.6. The third-order valence-electron chi connectivity index (χ3n) is 6.91. The van der Waals surface area contributed by atoms with E-state index in [2.05, 4.69) is 20.4 Å². The van der Waals surface area contributed by atoms with Crippen LogP contribution in [0.5, 0.6) is 0 Å². The number of allylic oxidation sites excluding steroid dienone is 1. The molecule has 1 aromatic rings. The van der Waals surface area contributed by atoms with Crippen LogP contribution in [0.2, 0.25) is 5.02 Å². The van der Waals surface area contributed by atoms with Gasteiger partial charge in [0.1, 0.15) is 6.10 Å². The molecule has 0 radical (unpaired) electrons. The smallest absolute Gasteiger partial charge is 0.337 e. The molecule has 1 heterocycles. The lowest BCUT2D eigenvalue weighted by atomic mass is 9.57. The van der Waals surface area contributed by atoms with Gasteiger partial charge >= 0.3 is 5.97 Å². The second kappa shape index (κ2) is 6.97. The van der Waals surface area contributed by atoms with E-state index in [9.17, 15) is 9.59 Å². The van der Waals surface area contributed by atoms with Gasteiger partial charge in [-0.15, -0.1) is 0 Å². The minimum absolute atomic E-state index is 0.0286. The lowest BCUT2D eigenvalue weighted by molar-refractivity contribution is -0.343. The number of rotatable bonds is 4. The van der Waals surface area contributed by atoms with Crippen molar-refractivity contribution >= 4 is 23.4 Å². The van der Waals surface area contributed by atoms with Crippen LogP contribution in [0.1, 0.15) is 44.0 Å². The van der Waals surface area contributed by atoms with Crippen molar-refractivity contribution < 1.29 is 24.1 Å². The number of carbonyl (C=O) groups is 2. The van der Waals surface area contributed by atoms with Crippen LogP contribution >= 0.6 is 11.6 Å². The fraction of sp³-hybridized carbons (Fsp3) is 0.545. The van der Waals surface area contributed by atoms with Crippen LogP contribution in [0.15, 0.2) is 36.4 Å². The van der Waals surface area contributed by atoms with Gasteiger partial charge in [0.05, 0.1) is 11.0 Å². The van der Waals surface area contributed by atoms with E-state index in [1.807, 2.05) is 6.92 Å². The van der Waals surface area contributed by atoms with Crippen molar-refractivity contribution in [1.29, 1.82) is 0 Å². The van der Waals surface area contributed by atoms with E-state index in [1.165, 1.54) is 6.07 Å². The summed E-state index contributed by atoms with van der Waals surface area (Å²) in [6.07, 6.45) is 0.376. The molecule has 3 fully saturated rings. The van der Waals surface area contributed by atoms with Gasteiger partial charge < -0.3 is 4.74 Å². The van der Waals surface area contributed by atoms with Gasteiger partial charge in [0.2, 0.25) is 6.29 Å². The summed E-state index contributed by atoms with van der Waals surface area (Å²) in [5.41, 5.74) is 0.680. The van der Waals surface area contributed by atoms with Crippen LogP contribution in [0.3, 0.4) is 0 Å². The van der Waals surface area contributed by atoms with Crippen LogP contribution < -0.4 is 0 Å². The fourth-order valence-corrected chi connectivity index (χ4v) is 5.60. The fourth-order valence-electron chi connectivity index (χ4n) is 5.41. The molecular formula is C22H25ClO5. The predicted octanol–water partition coefficient (Wildman–Crippen LogP) is 4.60. The number of ketones is 1. The maximum atomic E-state index is 13.3. The van der Waals surface area contributed by atoms with Crippen molar-refractivity contribution in [3.8, 4) is 0 Å². The maximum Gasteiger partial charge on any atom is 0.373 e. The third kappa shape index (κ3) is 2.83. The highest BCUT2D eigenvalue weighted by atomic mass is 35.5. The maximum absolute atomic E-state index is 13.3. The predicted molar refractivity (Wildman–Crippen MR) is 103 cm³/mol. The molecule has 1 aliphatic heterocycles. The van der Waals surface area contributed by atoms with Crippen LogP contribution in [0.25, 0.3) is 0 Å². The summed E-state index contributed by atoms with van der Waals surface area (Å²) in [4.78, 5) is 36.2. The SMILES string of the molecule is C=C1CC[C@H]2[C@H]3[C@H](OOC(=O)c4cccc(Cl)c4)O[C@@H](C(=O)[C@@]12C)[C@H]3C(C)C. The van der Waals surface area contributed by atoms with Crippen molar-refractivity contribution in [3.63, 3.8) is 0 Å². The highest BCUT2D eigenvalue weighted by molar-refractivity contribution is 6.30. The average molecular weight is 405 g/mol. The lowest BCUT2D eigenvalue weighted by Gasteiger charge is -2.44. The molecule has 1 aromatic carbocycles. The van der Waals surface area contributed by atoms with E-state index >= 15 is 0 Å². The van der Waals surface area contributed by atoms with Gasteiger partial charge in [-0.25, -0.2) is 4.79 Å². The van der Waals surface area contributed by atoms with E-state index < -0.39 is 23.8 Å². The highest BCUT2D eigenvalue weighted by Gasteiger charge is 2.67. The Bertz CT molecular complexity index is 834. The minimum atomic E-state index is -0.762. The topological polar surface area (TPSA) is 61.8 Å². The summed E-state index contributed by atoms with van der Waals surface area (Å²) < 4.78 is 6.02. The Balaban J connectivity index is 1.57. The second-order valence-corrected chi connectivity index (χ2v) is 9.05. The highest BCUT2D eigenvalue weighted by Crippen LogP contribution is 2.62. The summed E-state index contributed by atoms with van der Waals surface area (Å²) in [7, 11) is 0. The quantitative estimate of drug-likeness (QED) is 0.417. The molecule has 28 heavy (non-hydrogen) atoms. The van der Waals surface area contributed by atoms with Crippen molar-refractivity contribution in [1.82, 2.24) is 0 Å². The van der Waals surface area contributed by atoms with Crippen LogP contribution in [0.4, 0.5) is 0 Å². The number of hydrogen-bond acceptors (Lipinski definition) is 5. The molecule has 150 valence electrons. The Labute approximate surface area is 169 Å². The summed E-state index contributed by atoms with van der Waals surface area (Å²) in [5.74, 6) is -0.227. The summed E-state index contributed by atoms with van der Waals surface area (Å²) >= 11 is 5.93. The van der Waals surface area contributed by atoms with Crippen molar-refractivity contribution in [3.05, 3.63) is 47.0 Å². The Morgan fingerprint density at radius 2 is 2.14 bits per heavy atom. The minimum Gasteiger partial charge on any atom is -0.337 e. The van der Waals surface area contributed by atoms with Gasteiger partial charge in [0.15, 0.2) is 5.78 Å². The second-order valence-electron chi connectivity index (χ2n) is 8.62. The molecule has 3 aliphatic rings. The zero-order valence-corrected chi connectivity index (χ0v) is 17.1. The van der Waals surface area contributed by atoms with E-state index in [0.717, 1.165) is 18.4 Å². The summed E-state index contributed by atoms with van der Waals surface area (Å²) in [6.45, 7) is 10.3. The van der Waals surface area contributed by atoms with Gasteiger partial charge in [-0.2, -0.15) is 4.89 Å². The number of halogens is 1. The molecule has 0 aromatic heterocycles. The molecule has 2 bridgehead atoms. The lowest BCUT2D eigenvalue weighted by Crippen LogP contribution is -2.52. The first-order valence-corrected chi connectivity index (χ1v) is 10.1. The molecule has 0 amide bonds. The third-order valence-corrected chi connectivity index (χ3v) is 7.14. The molecule has 1 saturated heterocycles. The molecule has 0 unspecified atom stereocenters. The molecule has 6 heteroatoms. The summed E-state index contributed by atoms with van der Waals surface area (Å²) in [6, 6.07) is 6.46. The number of hydrogen-bond donors (Lipinski definition) is 0. The number of benzene rings is 1. The molecule has 2 aliphatic carbocycles. The van der Waals surface area contributed by atoms with E-state index in [4.69, 9.17) is 26.1 Å². The zero-order valence-electron chi connectivity index (χ0n) is 16.3. The van der Waals surface area contributed by atoms with Gasteiger partial charge in [-0.1, -0.05) is 43.7 Å². The van der Waals surface area contributed by atoms with Crippen LogP contribution in [-0.4, -0.2) is 24.1 Å². The average Bonchev–Trinajstić information content (AvgIpc) is 3.15. The Morgan fingerprint density at radius 3 is 2.82 bits per heavy atom. The normalized spacial score (nSPS) is 36.7. The van der Waals surface area contributed by atoms with Crippen molar-refractivity contribution in [2.45, 2.75) is 46.0 Å². The molecule has 2 saturated carbocycles. The van der Waals surface area contributed by atoms with Gasteiger partial charge in [-0.3, -0.25) is 9.68 Å². The first-order valence-electron chi connectivity index (χ1n) is 9.76. The molecule has 5 nitrogen and oxygen atoms in total. The number of Topliss-reactive ketones (excluding diaryl/α,β-unsaturated/α-hetero) is 1. The molecule has 6 atom stereocenters. The Kier molecular flexibility index (Phi) is 4.89. The Morgan fingerprint density at radius 1 is 1.39 bits per heavy atom. The summed E-state index contributed by atoms with van der Waals surface area (Å²) in [5, 5.41) is 0.438. The van der Waals surface area contributed by atoms with Crippen LogP contribution in [-0.2, 0) is 19.3 Å². The van der Waals surface area contributed by atoms with Crippen LogP contribution in [0, 0.1) is 29.1 Å². The van der Waals surface area contributed by atoms with Gasteiger partial charge in [-0.05, 0) is 49.8 Å². The molecule has 4 rings (SSSR count). The largest absolute Gasteiger partial charge is 0.373 e. The Hall–Kier alpha value is -1.69. The zero-order chi connectivity index (χ0) is 20.2.